The van der Waals surface area contributed by atoms with E-state index < -0.39 is 0 Å². The number of carbonyl (C=O) groups is 2. The zero-order valence-corrected chi connectivity index (χ0v) is 22.4. The summed E-state index contributed by atoms with van der Waals surface area (Å²) in [6, 6.07) is 15.0. The van der Waals surface area contributed by atoms with E-state index >= 15 is 0 Å². The minimum absolute atomic E-state index is 0.0169. The highest BCUT2D eigenvalue weighted by Crippen LogP contribution is 2.34. The van der Waals surface area contributed by atoms with Gasteiger partial charge in [0.15, 0.2) is 0 Å². The molecule has 0 aliphatic carbocycles. The van der Waals surface area contributed by atoms with Gasteiger partial charge in [-0.05, 0) is 79.1 Å². The van der Waals surface area contributed by atoms with E-state index in [1.54, 1.807) is 28.4 Å². The molecule has 0 bridgehead atoms. The van der Waals surface area contributed by atoms with E-state index in [1.807, 2.05) is 47.5 Å². The zero-order chi connectivity index (χ0) is 26.4. The Morgan fingerprint density at radius 2 is 1.86 bits per heavy atom. The van der Waals surface area contributed by atoms with Crippen molar-refractivity contribution >= 4 is 29.0 Å². The largest absolute Gasteiger partial charge is 0.491 e. The molecule has 8 heteroatoms. The monoisotopic (exact) mass is 523 g/mol. The van der Waals surface area contributed by atoms with Crippen LogP contribution in [0.5, 0.6) is 5.75 Å². The number of aryl methyl sites for hydroxylation is 1. The summed E-state index contributed by atoms with van der Waals surface area (Å²) in [5.74, 6) is 0.497. The lowest BCUT2D eigenvalue weighted by atomic mass is 10.0. The Labute approximate surface area is 222 Å². The molecule has 0 fully saturated rings. The minimum atomic E-state index is -0.327. The fourth-order valence-electron chi connectivity index (χ4n) is 4.34. The molecule has 1 aliphatic rings. The number of nitrogens with zero attached hydrogens (tertiary/aromatic N) is 2. The molecule has 1 aliphatic heterocycles. The number of amides is 3. The quantitative estimate of drug-likeness (QED) is 0.359. The number of hydrogen-bond donors (Lipinski definition) is 1. The molecule has 4 rings (SSSR count). The van der Waals surface area contributed by atoms with Gasteiger partial charge in [-0.25, -0.2) is 9.18 Å². The number of fused-ring (bicyclic) bond motifs is 1. The van der Waals surface area contributed by atoms with Gasteiger partial charge in [0.2, 0.25) is 5.91 Å². The maximum absolute atomic E-state index is 13.7. The first-order chi connectivity index (χ1) is 17.8. The van der Waals surface area contributed by atoms with Crippen LogP contribution in [-0.2, 0) is 11.2 Å². The van der Waals surface area contributed by atoms with Crippen molar-refractivity contribution in [1.82, 2.24) is 9.80 Å². The van der Waals surface area contributed by atoms with Gasteiger partial charge >= 0.3 is 6.03 Å². The Balaban J connectivity index is 1.48. The summed E-state index contributed by atoms with van der Waals surface area (Å²) in [6.45, 7) is 7.47. The lowest BCUT2D eigenvalue weighted by Crippen LogP contribution is -2.49. The maximum atomic E-state index is 13.7. The molecule has 37 heavy (non-hydrogen) atoms. The van der Waals surface area contributed by atoms with Gasteiger partial charge in [0.25, 0.3) is 0 Å². The zero-order valence-electron chi connectivity index (χ0n) is 21.6. The Morgan fingerprint density at radius 1 is 1.14 bits per heavy atom. The highest BCUT2D eigenvalue weighted by Gasteiger charge is 2.33. The third kappa shape index (κ3) is 7.10. The van der Waals surface area contributed by atoms with Gasteiger partial charge in [0.05, 0.1) is 6.04 Å². The molecule has 1 atom stereocenters. The second-order valence-electron chi connectivity index (χ2n) is 9.82. The summed E-state index contributed by atoms with van der Waals surface area (Å²) >= 11 is 1.68. The lowest BCUT2D eigenvalue weighted by Gasteiger charge is -2.37. The predicted octanol–water partition coefficient (Wildman–Crippen LogP) is 6.28. The third-order valence-electron chi connectivity index (χ3n) is 6.53. The number of carbonyl (C=O) groups excluding carboxylic acids is 2. The van der Waals surface area contributed by atoms with E-state index in [-0.39, 0.29) is 36.9 Å². The van der Waals surface area contributed by atoms with E-state index in [0.29, 0.717) is 30.4 Å². The number of benzene rings is 2. The molecule has 0 unspecified atom stereocenters. The molecule has 1 N–H and O–H groups in total. The highest BCUT2D eigenvalue weighted by atomic mass is 32.1. The number of urea groups is 1. The van der Waals surface area contributed by atoms with Gasteiger partial charge in [-0.3, -0.25) is 4.79 Å². The molecule has 2 aromatic carbocycles. The molecule has 2 heterocycles. The molecule has 1 aromatic heterocycles. The second kappa shape index (κ2) is 12.2. The van der Waals surface area contributed by atoms with E-state index in [9.17, 15) is 14.0 Å². The van der Waals surface area contributed by atoms with Gasteiger partial charge in [0.1, 0.15) is 24.7 Å². The van der Waals surface area contributed by atoms with E-state index in [2.05, 4.69) is 19.2 Å². The normalized spacial score (nSPS) is 14.8. The van der Waals surface area contributed by atoms with Crippen LogP contribution in [0.4, 0.5) is 14.9 Å². The van der Waals surface area contributed by atoms with Crippen molar-refractivity contribution in [3.05, 3.63) is 81.8 Å². The van der Waals surface area contributed by atoms with E-state index in [4.69, 9.17) is 4.74 Å². The average molecular weight is 524 g/mol. The summed E-state index contributed by atoms with van der Waals surface area (Å²) < 4.78 is 19.3. The topological polar surface area (TPSA) is 61.9 Å². The lowest BCUT2D eigenvalue weighted by molar-refractivity contribution is -0.135. The molecule has 196 valence electrons. The van der Waals surface area contributed by atoms with E-state index in [1.165, 1.54) is 17.0 Å². The van der Waals surface area contributed by atoms with Crippen molar-refractivity contribution in [3.63, 3.8) is 0 Å². The van der Waals surface area contributed by atoms with Gasteiger partial charge in [-0.15, -0.1) is 11.3 Å². The minimum Gasteiger partial charge on any atom is -0.491 e. The molecular formula is C29H34FN3O3S. The van der Waals surface area contributed by atoms with Crippen molar-refractivity contribution in [2.24, 2.45) is 5.92 Å². The Hall–Kier alpha value is -3.39. The number of thiophene rings is 1. The first-order valence-corrected chi connectivity index (χ1v) is 13.5. The predicted molar refractivity (Wildman–Crippen MR) is 146 cm³/mol. The third-order valence-corrected chi connectivity index (χ3v) is 7.53. The van der Waals surface area contributed by atoms with Crippen LogP contribution in [0.25, 0.3) is 0 Å². The Kier molecular flexibility index (Phi) is 8.82. The summed E-state index contributed by atoms with van der Waals surface area (Å²) in [7, 11) is 0. The summed E-state index contributed by atoms with van der Waals surface area (Å²) in [4.78, 5) is 31.5. The number of rotatable bonds is 9. The standard InChI is InChI=1S/C29H34FN3O3S/c1-20(2)12-15-32(29(35)31-23-8-4-21(3)5-9-23)18-28(34)33-16-13-27-25(14-17-37-27)26(33)19-36-24-10-6-22(30)7-11-24/h4-11,14,17,20,26H,12-13,15-16,18-19H2,1-3H3,(H,31,35)/t26-/m0/s1. The molecule has 0 saturated carbocycles. The average Bonchev–Trinajstić information content (AvgIpc) is 3.36. The van der Waals surface area contributed by atoms with Crippen molar-refractivity contribution < 1.29 is 18.7 Å². The maximum Gasteiger partial charge on any atom is 0.322 e. The fourth-order valence-corrected chi connectivity index (χ4v) is 5.27. The smallest absolute Gasteiger partial charge is 0.322 e. The number of ether oxygens (including phenoxy) is 1. The first-order valence-electron chi connectivity index (χ1n) is 12.7. The van der Waals surface area contributed by atoms with Crippen LogP contribution in [0.15, 0.2) is 60.0 Å². The van der Waals surface area contributed by atoms with Crippen molar-refractivity contribution in [1.29, 1.82) is 0 Å². The number of hydrogen-bond acceptors (Lipinski definition) is 4. The van der Waals surface area contributed by atoms with Crippen LogP contribution in [0.2, 0.25) is 0 Å². The van der Waals surface area contributed by atoms with Gasteiger partial charge in [-0.2, -0.15) is 0 Å². The van der Waals surface area contributed by atoms with Crippen LogP contribution in [0, 0.1) is 18.7 Å². The highest BCUT2D eigenvalue weighted by molar-refractivity contribution is 7.10. The number of nitrogens with one attached hydrogen (secondary N) is 1. The van der Waals surface area contributed by atoms with Crippen LogP contribution in [0.3, 0.4) is 0 Å². The first kappa shape index (κ1) is 26.7. The summed E-state index contributed by atoms with van der Waals surface area (Å²) in [5, 5.41) is 4.97. The van der Waals surface area contributed by atoms with E-state index in [0.717, 1.165) is 24.0 Å². The number of halogens is 1. The van der Waals surface area contributed by atoms with Crippen LogP contribution in [0.1, 0.15) is 42.3 Å². The van der Waals surface area contributed by atoms with Gasteiger partial charge in [0, 0.05) is 23.7 Å². The second-order valence-corrected chi connectivity index (χ2v) is 10.8. The molecule has 0 radical (unpaired) electrons. The van der Waals surface area contributed by atoms with Gasteiger partial charge < -0.3 is 19.9 Å². The van der Waals surface area contributed by atoms with Crippen LogP contribution in [-0.4, -0.2) is 48.0 Å². The Morgan fingerprint density at radius 3 is 2.57 bits per heavy atom. The molecule has 3 aromatic rings. The van der Waals surface area contributed by atoms with Crippen molar-refractivity contribution in [3.8, 4) is 5.75 Å². The summed E-state index contributed by atoms with van der Waals surface area (Å²) in [6.07, 6.45) is 1.56. The van der Waals surface area contributed by atoms with Gasteiger partial charge in [-0.1, -0.05) is 31.5 Å². The molecule has 3 amide bonds. The van der Waals surface area contributed by atoms with Crippen molar-refractivity contribution in [2.75, 3.05) is 31.6 Å². The van der Waals surface area contributed by atoms with Crippen molar-refractivity contribution in [2.45, 2.75) is 39.7 Å². The SMILES string of the molecule is Cc1ccc(NC(=O)N(CCC(C)C)CC(=O)N2CCc3sccc3[C@@H]2COc2ccc(F)cc2)cc1. The number of anilines is 1. The van der Waals surface area contributed by atoms with Crippen LogP contribution >= 0.6 is 11.3 Å². The molecule has 6 nitrogen and oxygen atoms in total. The summed E-state index contributed by atoms with van der Waals surface area (Å²) in [5.41, 5.74) is 2.88. The fraction of sp³-hybridized carbons (Fsp3) is 0.379. The Bertz CT molecular complexity index is 1190. The van der Waals surface area contributed by atoms with Crippen LogP contribution < -0.4 is 10.1 Å². The molecule has 0 spiro atoms. The molecular weight excluding hydrogens is 489 g/mol. The molecule has 0 saturated heterocycles.